The van der Waals surface area contributed by atoms with Gasteiger partial charge in [0.2, 0.25) is 15.9 Å². The average Bonchev–Trinajstić information content (AvgIpc) is 2.63. The first-order valence-electron chi connectivity index (χ1n) is 8.91. The third-order valence-electron chi connectivity index (χ3n) is 4.03. The van der Waals surface area contributed by atoms with Crippen molar-refractivity contribution in [1.29, 1.82) is 0 Å². The number of hydrogen-bond acceptors (Lipinski definition) is 4. The summed E-state index contributed by atoms with van der Waals surface area (Å²) < 4.78 is 31.7. The van der Waals surface area contributed by atoms with E-state index >= 15 is 0 Å². The Morgan fingerprint density at radius 3 is 2.43 bits per heavy atom. The second kappa shape index (κ2) is 9.93. The Balaban J connectivity index is 1.93. The Kier molecular flexibility index (Phi) is 7.88. The van der Waals surface area contributed by atoms with Crippen molar-refractivity contribution in [3.63, 3.8) is 0 Å². The predicted octanol–water partition coefficient (Wildman–Crippen LogP) is 3.53. The van der Waals surface area contributed by atoms with Gasteiger partial charge in [0, 0.05) is 4.47 Å². The average molecular weight is 469 g/mol. The molecule has 2 aromatic rings. The van der Waals surface area contributed by atoms with E-state index < -0.39 is 15.9 Å². The second-order valence-electron chi connectivity index (χ2n) is 6.61. The van der Waals surface area contributed by atoms with Crippen LogP contribution in [0.25, 0.3) is 0 Å². The van der Waals surface area contributed by atoms with E-state index in [0.29, 0.717) is 22.7 Å². The summed E-state index contributed by atoms with van der Waals surface area (Å²) in [4.78, 5) is 12.3. The number of nitrogens with one attached hydrogen (secondary N) is 1. The molecule has 0 aliphatic carbocycles. The van der Waals surface area contributed by atoms with Gasteiger partial charge in [-0.1, -0.05) is 44.2 Å². The van der Waals surface area contributed by atoms with E-state index in [0.717, 1.165) is 21.9 Å². The highest BCUT2D eigenvalue weighted by molar-refractivity contribution is 9.10. The van der Waals surface area contributed by atoms with Crippen LogP contribution in [0.15, 0.2) is 53.0 Å². The first kappa shape index (κ1) is 22.2. The van der Waals surface area contributed by atoms with Crippen LogP contribution in [0.2, 0.25) is 0 Å². The highest BCUT2D eigenvalue weighted by Gasteiger charge is 2.22. The molecule has 8 heteroatoms. The lowest BCUT2D eigenvalue weighted by Crippen LogP contribution is -2.41. The molecule has 0 atom stereocenters. The Hall–Kier alpha value is -2.06. The molecule has 0 spiro atoms. The zero-order valence-electron chi connectivity index (χ0n) is 16.2. The summed E-state index contributed by atoms with van der Waals surface area (Å²) in [6, 6.07) is 14.6. The number of hydrogen-bond donors (Lipinski definition) is 1. The van der Waals surface area contributed by atoms with E-state index in [1.54, 1.807) is 24.3 Å². The SMILES string of the molecule is CC(C)c1ccccc1OCCNC(=O)CN(c1ccccc1Br)S(C)(=O)=O. The summed E-state index contributed by atoms with van der Waals surface area (Å²) in [6.07, 6.45) is 1.08. The molecule has 0 radical (unpaired) electrons. The minimum absolute atomic E-state index is 0.277. The van der Waals surface area contributed by atoms with Crippen LogP contribution < -0.4 is 14.4 Å². The molecule has 1 N–H and O–H groups in total. The van der Waals surface area contributed by atoms with Crippen LogP contribution in [0.3, 0.4) is 0 Å². The molecule has 0 aliphatic rings. The third kappa shape index (κ3) is 6.24. The lowest BCUT2D eigenvalue weighted by molar-refractivity contribution is -0.119. The van der Waals surface area contributed by atoms with Gasteiger partial charge >= 0.3 is 0 Å². The maximum Gasteiger partial charge on any atom is 0.240 e. The number of ether oxygens (including phenoxy) is 1. The second-order valence-corrected chi connectivity index (χ2v) is 9.37. The van der Waals surface area contributed by atoms with Gasteiger partial charge in [0.25, 0.3) is 0 Å². The number of carbonyl (C=O) groups excluding carboxylic acids is 1. The molecule has 0 aromatic heterocycles. The van der Waals surface area contributed by atoms with Gasteiger partial charge < -0.3 is 10.1 Å². The van der Waals surface area contributed by atoms with Crippen molar-refractivity contribution >= 4 is 37.5 Å². The monoisotopic (exact) mass is 468 g/mol. The Morgan fingerprint density at radius 2 is 1.79 bits per heavy atom. The van der Waals surface area contributed by atoms with E-state index in [-0.39, 0.29) is 13.1 Å². The number of sulfonamides is 1. The van der Waals surface area contributed by atoms with Gasteiger partial charge in [0.1, 0.15) is 18.9 Å². The van der Waals surface area contributed by atoms with Crippen molar-refractivity contribution in [2.45, 2.75) is 19.8 Å². The van der Waals surface area contributed by atoms with Gasteiger partial charge in [-0.25, -0.2) is 8.42 Å². The van der Waals surface area contributed by atoms with Gasteiger partial charge in [-0.05, 0) is 45.6 Å². The Morgan fingerprint density at radius 1 is 1.14 bits per heavy atom. The molecule has 28 heavy (non-hydrogen) atoms. The molecule has 0 unspecified atom stereocenters. The minimum Gasteiger partial charge on any atom is -0.491 e. The predicted molar refractivity (Wildman–Crippen MR) is 115 cm³/mol. The van der Waals surface area contributed by atoms with Crippen molar-refractivity contribution < 1.29 is 17.9 Å². The molecule has 6 nitrogen and oxygen atoms in total. The number of carbonyl (C=O) groups is 1. The molecule has 0 aliphatic heterocycles. The van der Waals surface area contributed by atoms with Crippen molar-refractivity contribution in [1.82, 2.24) is 5.32 Å². The fraction of sp³-hybridized carbons (Fsp3) is 0.350. The Bertz CT molecular complexity index is 916. The van der Waals surface area contributed by atoms with Gasteiger partial charge in [-0.3, -0.25) is 9.10 Å². The molecule has 2 rings (SSSR count). The number of para-hydroxylation sites is 2. The normalized spacial score (nSPS) is 11.3. The van der Waals surface area contributed by atoms with Crippen LogP contribution in [0.5, 0.6) is 5.75 Å². The lowest BCUT2D eigenvalue weighted by atomic mass is 10.0. The molecule has 2 aromatic carbocycles. The first-order chi connectivity index (χ1) is 13.2. The van der Waals surface area contributed by atoms with Crippen molar-refractivity contribution in [2.75, 3.05) is 30.3 Å². The van der Waals surface area contributed by atoms with E-state index in [4.69, 9.17) is 4.74 Å². The zero-order chi connectivity index (χ0) is 20.7. The maximum absolute atomic E-state index is 12.3. The Labute approximate surface area is 175 Å². The fourth-order valence-corrected chi connectivity index (χ4v) is 4.15. The minimum atomic E-state index is -3.61. The summed E-state index contributed by atoms with van der Waals surface area (Å²) in [5, 5.41) is 2.71. The van der Waals surface area contributed by atoms with Gasteiger partial charge in [0.15, 0.2) is 0 Å². The molecule has 0 bridgehead atoms. The van der Waals surface area contributed by atoms with Crippen LogP contribution in [0.4, 0.5) is 5.69 Å². The number of halogens is 1. The van der Waals surface area contributed by atoms with Crippen LogP contribution in [0, 0.1) is 0 Å². The molecular weight excluding hydrogens is 444 g/mol. The highest BCUT2D eigenvalue weighted by atomic mass is 79.9. The van der Waals surface area contributed by atoms with Crippen LogP contribution in [0.1, 0.15) is 25.3 Å². The van der Waals surface area contributed by atoms with Crippen molar-refractivity contribution in [2.24, 2.45) is 0 Å². The molecule has 0 saturated heterocycles. The molecular formula is C20H25BrN2O4S. The van der Waals surface area contributed by atoms with Crippen LogP contribution in [-0.4, -0.2) is 40.3 Å². The highest BCUT2D eigenvalue weighted by Crippen LogP contribution is 2.27. The summed E-state index contributed by atoms with van der Waals surface area (Å²) in [5.41, 5.74) is 1.52. The standard InChI is InChI=1S/C20H25BrN2O4S/c1-15(2)16-8-4-7-11-19(16)27-13-12-22-20(24)14-23(28(3,25)26)18-10-6-5-9-17(18)21/h4-11,15H,12-14H2,1-3H3,(H,22,24). The smallest absolute Gasteiger partial charge is 0.240 e. The fourth-order valence-electron chi connectivity index (χ4n) is 2.66. The quantitative estimate of drug-likeness (QED) is 0.571. The van der Waals surface area contributed by atoms with Crippen LogP contribution in [-0.2, 0) is 14.8 Å². The number of anilines is 1. The van der Waals surface area contributed by atoms with Crippen molar-refractivity contribution in [3.05, 3.63) is 58.6 Å². The summed E-state index contributed by atoms with van der Waals surface area (Å²) >= 11 is 3.33. The topological polar surface area (TPSA) is 75.7 Å². The summed E-state index contributed by atoms with van der Waals surface area (Å²) in [7, 11) is -3.61. The molecule has 0 fully saturated rings. The number of amides is 1. The third-order valence-corrected chi connectivity index (χ3v) is 5.83. The first-order valence-corrected chi connectivity index (χ1v) is 11.5. The molecule has 152 valence electrons. The van der Waals surface area contributed by atoms with E-state index in [1.165, 1.54) is 0 Å². The van der Waals surface area contributed by atoms with Crippen molar-refractivity contribution in [3.8, 4) is 5.75 Å². The van der Waals surface area contributed by atoms with Gasteiger partial charge in [-0.2, -0.15) is 0 Å². The van der Waals surface area contributed by atoms with E-state index in [9.17, 15) is 13.2 Å². The lowest BCUT2D eigenvalue weighted by Gasteiger charge is -2.23. The molecule has 1 amide bonds. The summed E-state index contributed by atoms with van der Waals surface area (Å²) in [6.45, 7) is 4.45. The molecule has 0 heterocycles. The van der Waals surface area contributed by atoms with E-state index in [1.807, 2.05) is 24.3 Å². The van der Waals surface area contributed by atoms with Gasteiger partial charge in [-0.15, -0.1) is 0 Å². The van der Waals surface area contributed by atoms with Crippen LogP contribution >= 0.6 is 15.9 Å². The van der Waals surface area contributed by atoms with E-state index in [2.05, 4.69) is 35.1 Å². The summed E-state index contributed by atoms with van der Waals surface area (Å²) in [5.74, 6) is 0.720. The largest absolute Gasteiger partial charge is 0.491 e. The molecule has 0 saturated carbocycles. The number of benzene rings is 2. The number of nitrogens with zero attached hydrogens (tertiary/aromatic N) is 1. The maximum atomic E-state index is 12.3. The number of rotatable bonds is 9. The zero-order valence-corrected chi connectivity index (χ0v) is 18.6. The van der Waals surface area contributed by atoms with Gasteiger partial charge in [0.05, 0.1) is 18.5 Å².